The molecule has 152 valence electrons. The van der Waals surface area contributed by atoms with Crippen molar-refractivity contribution in [3.05, 3.63) is 34.4 Å². The molecule has 3 aliphatic heterocycles. The van der Waals surface area contributed by atoms with E-state index in [4.69, 9.17) is 0 Å². The van der Waals surface area contributed by atoms with Gasteiger partial charge in [0.15, 0.2) is 0 Å². The molecule has 3 heterocycles. The molecule has 9 heteroatoms. The first kappa shape index (κ1) is 18.4. The highest BCUT2D eigenvalue weighted by Gasteiger charge is 2.51. The molecule has 0 radical (unpaired) electrons. The normalized spacial score (nSPS) is 31.3. The number of halogens is 2. The van der Waals surface area contributed by atoms with Crippen molar-refractivity contribution < 1.29 is 28.0 Å². The average molecular weight is 403 g/mol. The van der Waals surface area contributed by atoms with Crippen molar-refractivity contribution in [3.8, 4) is 0 Å². The van der Waals surface area contributed by atoms with Crippen molar-refractivity contribution in [1.29, 1.82) is 0 Å². The van der Waals surface area contributed by atoms with Gasteiger partial charge < -0.3 is 5.32 Å². The van der Waals surface area contributed by atoms with Crippen LogP contribution >= 0.6 is 0 Å². The molecular weight excluding hydrogens is 384 g/mol. The highest BCUT2D eigenvalue weighted by molar-refractivity contribution is 6.24. The maximum Gasteiger partial charge on any atom is 0.265 e. The fourth-order valence-electron chi connectivity index (χ4n) is 5.49. The third-order valence-electron chi connectivity index (χ3n) is 6.73. The Morgan fingerprint density at radius 3 is 2.21 bits per heavy atom. The predicted octanol–water partition coefficient (Wildman–Crippen LogP) is 1.08. The molecule has 2 unspecified atom stereocenters. The molecule has 1 aromatic carbocycles. The van der Waals surface area contributed by atoms with Crippen molar-refractivity contribution in [2.24, 2.45) is 11.8 Å². The van der Waals surface area contributed by atoms with Crippen LogP contribution in [0.2, 0.25) is 0 Å². The summed E-state index contributed by atoms with van der Waals surface area (Å²) >= 11 is 0. The van der Waals surface area contributed by atoms with Gasteiger partial charge in [-0.1, -0.05) is 0 Å². The number of piperidine rings is 2. The Hall–Kier alpha value is -2.68. The molecule has 2 bridgehead atoms. The maximum atomic E-state index is 15.0. The Labute approximate surface area is 164 Å². The van der Waals surface area contributed by atoms with E-state index in [0.29, 0.717) is 24.1 Å². The molecule has 0 spiro atoms. The molecule has 3 fully saturated rings. The van der Waals surface area contributed by atoms with Gasteiger partial charge in [0.1, 0.15) is 17.7 Å². The number of amides is 4. The Morgan fingerprint density at radius 2 is 1.55 bits per heavy atom. The summed E-state index contributed by atoms with van der Waals surface area (Å²) in [6.45, 7) is 1.34. The summed E-state index contributed by atoms with van der Waals surface area (Å²) in [7, 11) is 0. The Bertz CT molecular complexity index is 963. The molecule has 2 N–H and O–H groups in total. The van der Waals surface area contributed by atoms with Crippen LogP contribution in [0, 0.1) is 23.5 Å². The number of imide groups is 2. The van der Waals surface area contributed by atoms with E-state index in [0.717, 1.165) is 12.8 Å². The summed E-state index contributed by atoms with van der Waals surface area (Å²) in [5, 5.41) is 5.39. The van der Waals surface area contributed by atoms with Crippen molar-refractivity contribution in [2.45, 2.75) is 37.6 Å². The number of fused-ring (bicyclic) bond motifs is 3. The average Bonchev–Trinajstić information content (AvgIpc) is 3.05. The monoisotopic (exact) mass is 403 g/mol. The molecule has 4 amide bonds. The van der Waals surface area contributed by atoms with E-state index in [9.17, 15) is 28.0 Å². The first-order valence-corrected chi connectivity index (χ1v) is 9.82. The molecule has 2 saturated heterocycles. The maximum absolute atomic E-state index is 15.0. The summed E-state index contributed by atoms with van der Waals surface area (Å²) < 4.78 is 29.6. The number of rotatable bonds is 2. The Morgan fingerprint density at radius 1 is 0.897 bits per heavy atom. The Kier molecular flexibility index (Phi) is 4.06. The minimum Gasteiger partial charge on any atom is -0.316 e. The molecule has 4 aliphatic rings. The van der Waals surface area contributed by atoms with Crippen LogP contribution in [-0.4, -0.2) is 47.7 Å². The van der Waals surface area contributed by atoms with Gasteiger partial charge in [-0.3, -0.25) is 29.4 Å². The standard InChI is InChI=1S/C20H19F2N3O4/c21-10-5-11(22)16-17(15(10)14-8-1-2-9(14)7-23-6-8)20(29)25(19(16)28)12-3-4-13(26)24-18(12)27/h5,8-9,12,14,23H,1-4,6-7H2,(H,24,26,27)/t8-,9+,12?,14?. The zero-order valence-corrected chi connectivity index (χ0v) is 15.5. The molecule has 1 aliphatic carbocycles. The largest absolute Gasteiger partial charge is 0.316 e. The molecule has 5 rings (SSSR count). The van der Waals surface area contributed by atoms with Crippen LogP contribution in [0.4, 0.5) is 8.78 Å². The first-order valence-electron chi connectivity index (χ1n) is 9.82. The highest BCUT2D eigenvalue weighted by Crippen LogP contribution is 2.49. The molecule has 29 heavy (non-hydrogen) atoms. The van der Waals surface area contributed by atoms with E-state index in [1.807, 2.05) is 0 Å². The van der Waals surface area contributed by atoms with Crippen LogP contribution < -0.4 is 10.6 Å². The lowest BCUT2D eigenvalue weighted by molar-refractivity contribution is -0.136. The van der Waals surface area contributed by atoms with Gasteiger partial charge in [-0.2, -0.15) is 0 Å². The van der Waals surface area contributed by atoms with Crippen LogP contribution in [0.5, 0.6) is 0 Å². The van der Waals surface area contributed by atoms with Crippen LogP contribution in [0.1, 0.15) is 57.9 Å². The molecule has 0 aromatic heterocycles. The number of nitrogens with zero attached hydrogens (tertiary/aromatic N) is 1. The third kappa shape index (κ3) is 2.56. The summed E-state index contributed by atoms with van der Waals surface area (Å²) in [5.41, 5.74) is -0.612. The fraction of sp³-hybridized carbons (Fsp3) is 0.500. The minimum absolute atomic E-state index is 0.0336. The van der Waals surface area contributed by atoms with Crippen LogP contribution in [0.15, 0.2) is 6.07 Å². The molecule has 1 aromatic rings. The van der Waals surface area contributed by atoms with Gasteiger partial charge in [0, 0.05) is 18.1 Å². The molecule has 4 atom stereocenters. The number of benzene rings is 1. The lowest BCUT2D eigenvalue weighted by atomic mass is 9.77. The summed E-state index contributed by atoms with van der Waals surface area (Å²) in [4.78, 5) is 50.5. The lowest BCUT2D eigenvalue weighted by Gasteiger charge is -2.32. The lowest BCUT2D eigenvalue weighted by Crippen LogP contribution is -2.54. The van der Waals surface area contributed by atoms with E-state index in [1.54, 1.807) is 0 Å². The number of hydrogen-bond donors (Lipinski definition) is 2. The van der Waals surface area contributed by atoms with E-state index < -0.39 is 46.9 Å². The smallest absolute Gasteiger partial charge is 0.265 e. The van der Waals surface area contributed by atoms with E-state index in [1.165, 1.54) is 0 Å². The van der Waals surface area contributed by atoms with Gasteiger partial charge in [-0.05, 0) is 50.1 Å². The Balaban J connectivity index is 1.62. The van der Waals surface area contributed by atoms with Crippen molar-refractivity contribution in [1.82, 2.24) is 15.5 Å². The summed E-state index contributed by atoms with van der Waals surface area (Å²) in [6.07, 6.45) is 1.67. The second kappa shape index (κ2) is 6.41. The van der Waals surface area contributed by atoms with Gasteiger partial charge in [0.25, 0.3) is 11.8 Å². The second-order valence-corrected chi connectivity index (χ2v) is 8.23. The zero-order valence-electron chi connectivity index (χ0n) is 15.5. The quantitative estimate of drug-likeness (QED) is 0.721. The predicted molar refractivity (Wildman–Crippen MR) is 94.9 cm³/mol. The van der Waals surface area contributed by atoms with Gasteiger partial charge in [-0.25, -0.2) is 8.78 Å². The number of carbonyl (C=O) groups excluding carboxylic acids is 4. The molecular formula is C20H19F2N3O4. The van der Waals surface area contributed by atoms with Crippen molar-refractivity contribution in [2.75, 3.05) is 13.1 Å². The van der Waals surface area contributed by atoms with Gasteiger partial charge in [0.05, 0.1) is 11.1 Å². The van der Waals surface area contributed by atoms with Gasteiger partial charge in [0.2, 0.25) is 11.8 Å². The van der Waals surface area contributed by atoms with Crippen LogP contribution in [0.25, 0.3) is 0 Å². The van der Waals surface area contributed by atoms with Gasteiger partial charge >= 0.3 is 0 Å². The van der Waals surface area contributed by atoms with Crippen molar-refractivity contribution in [3.63, 3.8) is 0 Å². The van der Waals surface area contributed by atoms with Crippen molar-refractivity contribution >= 4 is 23.6 Å². The zero-order chi connectivity index (χ0) is 20.4. The second-order valence-electron chi connectivity index (χ2n) is 8.23. The molecule has 1 saturated carbocycles. The topological polar surface area (TPSA) is 95.6 Å². The number of carbonyl (C=O) groups is 4. The third-order valence-corrected chi connectivity index (χ3v) is 6.73. The van der Waals surface area contributed by atoms with Crippen LogP contribution in [-0.2, 0) is 9.59 Å². The van der Waals surface area contributed by atoms with Gasteiger partial charge in [-0.15, -0.1) is 0 Å². The van der Waals surface area contributed by atoms with E-state index >= 15 is 0 Å². The summed E-state index contributed by atoms with van der Waals surface area (Å²) in [5.74, 6) is -5.07. The number of hydrogen-bond acceptors (Lipinski definition) is 5. The number of nitrogens with one attached hydrogen (secondary N) is 2. The SMILES string of the molecule is O=C1CCC(N2C(=O)c3c(F)cc(F)c(C4[C@@H]5CC[C@H]4CNC5)c3C2=O)C(=O)N1. The first-order chi connectivity index (χ1) is 13.9. The molecule has 7 nitrogen and oxygen atoms in total. The fourth-order valence-corrected chi connectivity index (χ4v) is 5.49. The van der Waals surface area contributed by atoms with E-state index in [-0.39, 0.29) is 41.7 Å². The summed E-state index contributed by atoms with van der Waals surface area (Å²) in [6, 6.07) is -0.533. The van der Waals surface area contributed by atoms with E-state index in [2.05, 4.69) is 10.6 Å². The highest BCUT2D eigenvalue weighted by atomic mass is 19.1. The van der Waals surface area contributed by atoms with Crippen LogP contribution in [0.3, 0.4) is 0 Å². The minimum atomic E-state index is -1.21.